The van der Waals surface area contributed by atoms with Gasteiger partial charge >= 0.3 is 5.97 Å². The first-order valence-corrected chi connectivity index (χ1v) is 5.59. The van der Waals surface area contributed by atoms with Crippen molar-refractivity contribution in [3.63, 3.8) is 0 Å². The van der Waals surface area contributed by atoms with Gasteiger partial charge in [-0.15, -0.1) is 0 Å². The zero-order valence-corrected chi connectivity index (χ0v) is 9.97. The zero-order chi connectivity index (χ0) is 12.5. The average Bonchev–Trinajstić information content (AvgIpc) is 2.59. The normalized spacial score (nSPS) is 22.6. The Morgan fingerprint density at radius 3 is 2.53 bits per heavy atom. The van der Waals surface area contributed by atoms with E-state index in [9.17, 15) is 4.79 Å². The fourth-order valence-corrected chi connectivity index (χ4v) is 1.88. The molecule has 0 amide bonds. The van der Waals surface area contributed by atoms with Gasteiger partial charge in [-0.3, -0.25) is 4.79 Å². The lowest BCUT2D eigenvalue weighted by Gasteiger charge is -2.17. The van der Waals surface area contributed by atoms with Crippen LogP contribution in [-0.4, -0.2) is 23.5 Å². The van der Waals surface area contributed by atoms with Crippen LogP contribution in [0.4, 0.5) is 0 Å². The van der Waals surface area contributed by atoms with Crippen LogP contribution >= 0.6 is 0 Å². The van der Waals surface area contributed by atoms with E-state index >= 15 is 0 Å². The van der Waals surface area contributed by atoms with Gasteiger partial charge in [0.1, 0.15) is 6.10 Å². The summed E-state index contributed by atoms with van der Waals surface area (Å²) < 4.78 is 11.2. The van der Waals surface area contributed by atoms with Crippen LogP contribution in [-0.2, 0) is 20.7 Å². The molecule has 4 heteroatoms. The molecule has 0 radical (unpaired) electrons. The van der Waals surface area contributed by atoms with Gasteiger partial charge in [0.2, 0.25) is 0 Å². The molecule has 4 nitrogen and oxygen atoms in total. The van der Waals surface area contributed by atoms with Crippen molar-refractivity contribution in [3.05, 3.63) is 35.4 Å². The molecule has 0 bridgehead atoms. The molecule has 1 aliphatic heterocycles. The molecule has 1 aromatic rings. The number of ether oxygens (including phenoxy) is 2. The Morgan fingerprint density at radius 2 is 2.06 bits per heavy atom. The lowest BCUT2D eigenvalue weighted by atomic mass is 10.1. The highest BCUT2D eigenvalue weighted by Gasteiger charge is 2.33. The van der Waals surface area contributed by atoms with Crippen LogP contribution in [0.5, 0.6) is 0 Å². The molecule has 0 spiro atoms. The first kappa shape index (κ1) is 12.1. The SMILES string of the molecule is CC1(C)OCC(c2ccc(CC(=O)O)cc2)O1. The third kappa shape index (κ3) is 3.05. The maximum Gasteiger partial charge on any atom is 0.307 e. The summed E-state index contributed by atoms with van der Waals surface area (Å²) in [5.41, 5.74) is 1.81. The largest absolute Gasteiger partial charge is 0.481 e. The van der Waals surface area contributed by atoms with Gasteiger partial charge < -0.3 is 14.6 Å². The Hall–Kier alpha value is -1.39. The van der Waals surface area contributed by atoms with Gasteiger partial charge in [-0.25, -0.2) is 0 Å². The van der Waals surface area contributed by atoms with Crippen LogP contribution in [0.25, 0.3) is 0 Å². The van der Waals surface area contributed by atoms with E-state index < -0.39 is 11.8 Å². The van der Waals surface area contributed by atoms with E-state index in [2.05, 4.69) is 0 Å². The Bertz CT molecular complexity index is 408. The molecule has 1 aliphatic rings. The predicted molar refractivity (Wildman–Crippen MR) is 61.6 cm³/mol. The molecule has 1 aromatic carbocycles. The number of aliphatic carboxylic acids is 1. The first-order chi connectivity index (χ1) is 7.96. The van der Waals surface area contributed by atoms with E-state index in [1.165, 1.54) is 0 Å². The van der Waals surface area contributed by atoms with Gasteiger partial charge in [-0.1, -0.05) is 24.3 Å². The molecule has 2 rings (SSSR count). The molecule has 0 aromatic heterocycles. The van der Waals surface area contributed by atoms with Crippen molar-refractivity contribution in [2.24, 2.45) is 0 Å². The van der Waals surface area contributed by atoms with Gasteiger partial charge in [-0.05, 0) is 25.0 Å². The first-order valence-electron chi connectivity index (χ1n) is 5.59. The summed E-state index contributed by atoms with van der Waals surface area (Å²) in [5, 5.41) is 8.67. The second-order valence-corrected chi connectivity index (χ2v) is 4.63. The molecule has 92 valence electrons. The van der Waals surface area contributed by atoms with E-state index in [-0.39, 0.29) is 12.5 Å². The highest BCUT2D eigenvalue weighted by molar-refractivity contribution is 5.70. The van der Waals surface area contributed by atoms with Crippen molar-refractivity contribution < 1.29 is 19.4 Å². The Labute approximate surface area is 100 Å². The van der Waals surface area contributed by atoms with E-state index in [1.807, 2.05) is 38.1 Å². The van der Waals surface area contributed by atoms with Crippen LogP contribution in [0.3, 0.4) is 0 Å². The summed E-state index contributed by atoms with van der Waals surface area (Å²) >= 11 is 0. The zero-order valence-electron chi connectivity index (χ0n) is 9.97. The van der Waals surface area contributed by atoms with Crippen molar-refractivity contribution in [2.45, 2.75) is 32.2 Å². The minimum atomic E-state index is -0.820. The molecule has 1 atom stereocenters. The van der Waals surface area contributed by atoms with Crippen molar-refractivity contribution in [1.29, 1.82) is 0 Å². The topological polar surface area (TPSA) is 55.8 Å². The Kier molecular flexibility index (Phi) is 3.17. The highest BCUT2D eigenvalue weighted by atomic mass is 16.7. The van der Waals surface area contributed by atoms with E-state index in [0.717, 1.165) is 11.1 Å². The smallest absolute Gasteiger partial charge is 0.307 e. The molecular formula is C13H16O4. The Balaban J connectivity index is 2.06. The van der Waals surface area contributed by atoms with Crippen molar-refractivity contribution in [2.75, 3.05) is 6.61 Å². The van der Waals surface area contributed by atoms with Crippen LogP contribution in [0, 0.1) is 0 Å². The lowest BCUT2D eigenvalue weighted by Crippen LogP contribution is -2.19. The second-order valence-electron chi connectivity index (χ2n) is 4.63. The van der Waals surface area contributed by atoms with Gasteiger partial charge in [0.05, 0.1) is 13.0 Å². The maximum atomic E-state index is 10.6. The minimum Gasteiger partial charge on any atom is -0.481 e. The van der Waals surface area contributed by atoms with Crippen molar-refractivity contribution >= 4 is 5.97 Å². The molecule has 1 heterocycles. The van der Waals surface area contributed by atoms with Crippen molar-refractivity contribution in [3.8, 4) is 0 Å². The van der Waals surface area contributed by atoms with E-state index in [0.29, 0.717) is 6.61 Å². The number of hydrogen-bond acceptors (Lipinski definition) is 3. The molecule has 1 unspecified atom stereocenters. The number of rotatable bonds is 3. The number of hydrogen-bond donors (Lipinski definition) is 1. The third-order valence-electron chi connectivity index (χ3n) is 2.72. The van der Waals surface area contributed by atoms with Gasteiger partial charge in [0.25, 0.3) is 0 Å². The predicted octanol–water partition coefficient (Wildman–Crippen LogP) is 2.14. The highest BCUT2D eigenvalue weighted by Crippen LogP contribution is 2.32. The molecule has 1 saturated heterocycles. The summed E-state index contributed by atoms with van der Waals surface area (Å²) in [5.74, 6) is -1.36. The monoisotopic (exact) mass is 236 g/mol. The molecule has 1 N–H and O–H groups in total. The Morgan fingerprint density at radius 1 is 1.41 bits per heavy atom. The number of carbonyl (C=O) groups is 1. The van der Waals surface area contributed by atoms with Gasteiger partial charge in [0.15, 0.2) is 5.79 Å². The van der Waals surface area contributed by atoms with E-state index in [4.69, 9.17) is 14.6 Å². The number of carboxylic acids is 1. The molecule has 17 heavy (non-hydrogen) atoms. The molecule has 1 fully saturated rings. The summed E-state index contributed by atoms with van der Waals surface area (Å²) in [6.07, 6.45) is -0.0165. The standard InChI is InChI=1S/C13H16O4/c1-13(2)16-8-11(17-13)10-5-3-9(4-6-10)7-12(14)15/h3-6,11H,7-8H2,1-2H3,(H,14,15). The fraction of sp³-hybridized carbons (Fsp3) is 0.462. The van der Waals surface area contributed by atoms with Crippen molar-refractivity contribution in [1.82, 2.24) is 0 Å². The second kappa shape index (κ2) is 4.47. The molecule has 0 aliphatic carbocycles. The summed E-state index contributed by atoms with van der Waals surface area (Å²) in [7, 11) is 0. The number of carboxylic acid groups (broad SMARTS) is 1. The van der Waals surface area contributed by atoms with Crippen LogP contribution in [0.1, 0.15) is 31.1 Å². The summed E-state index contributed by atoms with van der Waals surface area (Å²) in [4.78, 5) is 10.6. The third-order valence-corrected chi connectivity index (χ3v) is 2.72. The fourth-order valence-electron chi connectivity index (χ4n) is 1.88. The quantitative estimate of drug-likeness (QED) is 0.873. The summed E-state index contributed by atoms with van der Waals surface area (Å²) in [6.45, 7) is 4.29. The maximum absolute atomic E-state index is 10.6. The van der Waals surface area contributed by atoms with Crippen LogP contribution in [0.2, 0.25) is 0 Å². The average molecular weight is 236 g/mol. The molecular weight excluding hydrogens is 220 g/mol. The van der Waals surface area contributed by atoms with Gasteiger partial charge in [0, 0.05) is 0 Å². The minimum absolute atomic E-state index is 0.0494. The van der Waals surface area contributed by atoms with E-state index in [1.54, 1.807) is 0 Å². The van der Waals surface area contributed by atoms with Gasteiger partial charge in [-0.2, -0.15) is 0 Å². The van der Waals surface area contributed by atoms with Crippen LogP contribution < -0.4 is 0 Å². The lowest BCUT2D eigenvalue weighted by molar-refractivity contribution is -0.139. The number of benzene rings is 1. The van der Waals surface area contributed by atoms with Crippen LogP contribution in [0.15, 0.2) is 24.3 Å². The summed E-state index contributed by atoms with van der Waals surface area (Å²) in [6, 6.07) is 7.43. The molecule has 0 saturated carbocycles.